The quantitative estimate of drug-likeness (QED) is 0.539. The number of nitrogens with zero attached hydrogens (tertiary/aromatic N) is 3. The van der Waals surface area contributed by atoms with Crippen molar-refractivity contribution in [2.24, 2.45) is 16.3 Å². The zero-order valence-corrected chi connectivity index (χ0v) is 16.6. The fourth-order valence-corrected chi connectivity index (χ4v) is 4.15. The van der Waals surface area contributed by atoms with E-state index in [4.69, 9.17) is 4.99 Å². The van der Waals surface area contributed by atoms with Crippen LogP contribution in [0.25, 0.3) is 0 Å². The standard InChI is InChI=1S/C19H37N5O/c1-5-20-18(21-13-16-9-12-24(6-2)14-16)22-15-19(10-7-8-11-19)17(25)23(3)4/h16H,5-15H2,1-4H3,(H2,20,21,22). The van der Waals surface area contributed by atoms with Crippen molar-refractivity contribution in [3.8, 4) is 0 Å². The van der Waals surface area contributed by atoms with Gasteiger partial charge >= 0.3 is 0 Å². The second-order valence-electron chi connectivity index (χ2n) is 7.81. The van der Waals surface area contributed by atoms with Crippen LogP contribution in [0.4, 0.5) is 0 Å². The van der Waals surface area contributed by atoms with Crippen LogP contribution in [0.15, 0.2) is 4.99 Å². The van der Waals surface area contributed by atoms with Crippen molar-refractivity contribution >= 4 is 11.9 Å². The fraction of sp³-hybridized carbons (Fsp3) is 0.895. The third kappa shape index (κ3) is 5.33. The molecule has 1 saturated carbocycles. The van der Waals surface area contributed by atoms with Crippen LogP contribution in [0.1, 0.15) is 46.0 Å². The first-order chi connectivity index (χ1) is 12.0. The van der Waals surface area contributed by atoms with Crippen LogP contribution >= 0.6 is 0 Å². The minimum atomic E-state index is -0.293. The van der Waals surface area contributed by atoms with E-state index in [9.17, 15) is 4.79 Å². The number of hydrogen-bond acceptors (Lipinski definition) is 3. The van der Waals surface area contributed by atoms with Crippen LogP contribution in [0.5, 0.6) is 0 Å². The molecule has 1 heterocycles. The normalized spacial score (nSPS) is 23.7. The van der Waals surface area contributed by atoms with Crippen molar-refractivity contribution in [3.63, 3.8) is 0 Å². The average molecular weight is 352 g/mol. The first-order valence-electron chi connectivity index (χ1n) is 9.97. The van der Waals surface area contributed by atoms with E-state index in [-0.39, 0.29) is 11.3 Å². The SMILES string of the molecule is CCNC(=NCC1(C(=O)N(C)C)CCCC1)NCC1CCN(CC)C1. The lowest BCUT2D eigenvalue weighted by molar-refractivity contribution is -0.138. The second kappa shape index (κ2) is 9.41. The molecule has 0 aromatic carbocycles. The lowest BCUT2D eigenvalue weighted by Crippen LogP contribution is -2.44. The number of hydrogen-bond donors (Lipinski definition) is 2. The molecule has 25 heavy (non-hydrogen) atoms. The Labute approximate surface area is 153 Å². The van der Waals surface area contributed by atoms with Crippen molar-refractivity contribution < 1.29 is 4.79 Å². The minimum absolute atomic E-state index is 0.235. The summed E-state index contributed by atoms with van der Waals surface area (Å²) in [5, 5.41) is 6.85. The molecule has 0 spiro atoms. The van der Waals surface area contributed by atoms with E-state index in [0.29, 0.717) is 12.5 Å². The lowest BCUT2D eigenvalue weighted by atomic mass is 9.85. The molecule has 1 amide bonds. The maximum absolute atomic E-state index is 12.7. The maximum Gasteiger partial charge on any atom is 0.230 e. The van der Waals surface area contributed by atoms with Gasteiger partial charge in [-0.05, 0) is 45.2 Å². The first-order valence-corrected chi connectivity index (χ1v) is 9.97. The van der Waals surface area contributed by atoms with Gasteiger partial charge in [0, 0.05) is 33.7 Å². The second-order valence-corrected chi connectivity index (χ2v) is 7.81. The summed E-state index contributed by atoms with van der Waals surface area (Å²) in [5.41, 5.74) is -0.293. The van der Waals surface area contributed by atoms with Crippen LogP contribution in [0.3, 0.4) is 0 Å². The summed E-state index contributed by atoms with van der Waals surface area (Å²) in [4.78, 5) is 21.7. The van der Waals surface area contributed by atoms with Gasteiger partial charge in [-0.25, -0.2) is 0 Å². The molecule has 1 aliphatic heterocycles. The average Bonchev–Trinajstić information content (AvgIpc) is 3.26. The fourth-order valence-electron chi connectivity index (χ4n) is 4.15. The molecule has 2 rings (SSSR count). The Morgan fingerprint density at radius 2 is 1.96 bits per heavy atom. The Hall–Kier alpha value is -1.30. The van der Waals surface area contributed by atoms with E-state index in [2.05, 4.69) is 29.4 Å². The number of likely N-dealkylation sites (tertiary alicyclic amines) is 1. The van der Waals surface area contributed by atoms with Gasteiger partial charge in [0.2, 0.25) is 5.91 Å². The monoisotopic (exact) mass is 351 g/mol. The van der Waals surface area contributed by atoms with Crippen molar-refractivity contribution in [1.82, 2.24) is 20.4 Å². The van der Waals surface area contributed by atoms with E-state index in [0.717, 1.165) is 51.3 Å². The molecule has 2 N–H and O–H groups in total. The van der Waals surface area contributed by atoms with Crippen molar-refractivity contribution in [1.29, 1.82) is 0 Å². The molecule has 144 valence electrons. The predicted octanol–water partition coefficient (Wildman–Crippen LogP) is 1.53. The van der Waals surface area contributed by atoms with Gasteiger partial charge in [0.15, 0.2) is 5.96 Å². The van der Waals surface area contributed by atoms with Crippen molar-refractivity contribution in [3.05, 3.63) is 0 Å². The van der Waals surface area contributed by atoms with Gasteiger partial charge in [-0.2, -0.15) is 0 Å². The van der Waals surface area contributed by atoms with Gasteiger partial charge in [-0.3, -0.25) is 9.79 Å². The Balaban J connectivity index is 1.94. The maximum atomic E-state index is 12.7. The number of carbonyl (C=O) groups is 1. The van der Waals surface area contributed by atoms with E-state index < -0.39 is 0 Å². The number of rotatable bonds is 7. The molecule has 0 aromatic rings. The van der Waals surface area contributed by atoms with E-state index in [1.54, 1.807) is 4.90 Å². The summed E-state index contributed by atoms with van der Waals surface area (Å²) in [6, 6.07) is 0. The van der Waals surface area contributed by atoms with Gasteiger partial charge in [0.1, 0.15) is 0 Å². The number of amides is 1. The van der Waals surface area contributed by atoms with Gasteiger partial charge in [0.05, 0.1) is 12.0 Å². The van der Waals surface area contributed by atoms with E-state index >= 15 is 0 Å². The highest BCUT2D eigenvalue weighted by Gasteiger charge is 2.42. The first kappa shape index (κ1) is 20.0. The molecule has 0 bridgehead atoms. The molecular weight excluding hydrogens is 314 g/mol. The third-order valence-corrected chi connectivity index (χ3v) is 5.68. The van der Waals surface area contributed by atoms with Crippen LogP contribution < -0.4 is 10.6 Å². The zero-order valence-electron chi connectivity index (χ0n) is 16.6. The highest BCUT2D eigenvalue weighted by atomic mass is 16.2. The molecule has 1 saturated heterocycles. The van der Waals surface area contributed by atoms with Gasteiger partial charge in [-0.15, -0.1) is 0 Å². The van der Waals surface area contributed by atoms with Crippen molar-refractivity contribution in [2.75, 3.05) is 53.4 Å². The van der Waals surface area contributed by atoms with Crippen LogP contribution in [-0.4, -0.2) is 75.0 Å². The summed E-state index contributed by atoms with van der Waals surface area (Å²) in [6.45, 7) is 10.2. The largest absolute Gasteiger partial charge is 0.357 e. The van der Waals surface area contributed by atoms with Gasteiger partial charge in [-0.1, -0.05) is 19.8 Å². The molecule has 6 nitrogen and oxygen atoms in total. The lowest BCUT2D eigenvalue weighted by Gasteiger charge is -2.29. The summed E-state index contributed by atoms with van der Waals surface area (Å²) >= 11 is 0. The zero-order chi connectivity index (χ0) is 18.3. The molecule has 1 aliphatic carbocycles. The van der Waals surface area contributed by atoms with Crippen LogP contribution in [-0.2, 0) is 4.79 Å². The van der Waals surface area contributed by atoms with E-state index in [1.165, 1.54) is 19.5 Å². The molecule has 1 atom stereocenters. The van der Waals surface area contributed by atoms with E-state index in [1.807, 2.05) is 14.1 Å². The highest BCUT2D eigenvalue weighted by molar-refractivity contribution is 5.84. The Kier molecular flexibility index (Phi) is 7.54. The molecule has 0 aromatic heterocycles. The molecule has 6 heteroatoms. The van der Waals surface area contributed by atoms with Gasteiger partial charge in [0.25, 0.3) is 0 Å². The number of aliphatic imine (C=N–C) groups is 1. The Bertz CT molecular complexity index is 457. The topological polar surface area (TPSA) is 60.0 Å². The Morgan fingerprint density at radius 1 is 1.24 bits per heavy atom. The minimum Gasteiger partial charge on any atom is -0.357 e. The summed E-state index contributed by atoms with van der Waals surface area (Å²) in [7, 11) is 3.71. The molecular formula is C19H37N5O. The molecule has 2 aliphatic rings. The van der Waals surface area contributed by atoms with Crippen LogP contribution in [0, 0.1) is 11.3 Å². The summed E-state index contributed by atoms with van der Waals surface area (Å²) in [6.07, 6.45) is 5.44. The summed E-state index contributed by atoms with van der Waals surface area (Å²) in [5.74, 6) is 1.78. The third-order valence-electron chi connectivity index (χ3n) is 5.68. The van der Waals surface area contributed by atoms with Crippen molar-refractivity contribution in [2.45, 2.75) is 46.0 Å². The molecule has 1 unspecified atom stereocenters. The molecule has 0 radical (unpaired) electrons. The number of nitrogens with one attached hydrogen (secondary N) is 2. The smallest absolute Gasteiger partial charge is 0.230 e. The summed E-state index contributed by atoms with van der Waals surface area (Å²) < 4.78 is 0. The molecule has 2 fully saturated rings. The number of carbonyl (C=O) groups excluding carboxylic acids is 1. The predicted molar refractivity (Wildman–Crippen MR) is 104 cm³/mol. The van der Waals surface area contributed by atoms with Crippen LogP contribution in [0.2, 0.25) is 0 Å². The van der Waals surface area contributed by atoms with Gasteiger partial charge < -0.3 is 20.4 Å². The Morgan fingerprint density at radius 3 is 2.52 bits per heavy atom. The highest BCUT2D eigenvalue weighted by Crippen LogP contribution is 2.39. The number of guanidine groups is 1.